The van der Waals surface area contributed by atoms with Gasteiger partial charge in [-0.25, -0.2) is 9.97 Å². The number of aromatic nitrogens is 3. The third-order valence-corrected chi connectivity index (χ3v) is 3.81. The van der Waals surface area contributed by atoms with Crippen LogP contribution in [-0.4, -0.2) is 34.5 Å². The van der Waals surface area contributed by atoms with Crippen LogP contribution in [0.5, 0.6) is 0 Å². The van der Waals surface area contributed by atoms with Crippen molar-refractivity contribution in [3.05, 3.63) is 18.6 Å². The third kappa shape index (κ3) is 2.25. The van der Waals surface area contributed by atoms with Gasteiger partial charge in [0.2, 0.25) is 0 Å². The van der Waals surface area contributed by atoms with E-state index in [1.807, 2.05) is 30.0 Å². The highest BCUT2D eigenvalue weighted by Crippen LogP contribution is 2.32. The van der Waals surface area contributed by atoms with E-state index in [0.29, 0.717) is 5.41 Å². The van der Waals surface area contributed by atoms with Crippen molar-refractivity contribution in [3.8, 4) is 0 Å². The fraction of sp³-hybridized carbons (Fsp3) is 0.571. The SMILES string of the molecule is CNc1cn2ccnc2c(N2CCCC(C)(C)C2)n1. The van der Waals surface area contributed by atoms with Gasteiger partial charge in [0.05, 0.1) is 6.20 Å². The molecule has 1 N–H and O–H groups in total. The highest BCUT2D eigenvalue weighted by Gasteiger charge is 2.28. The van der Waals surface area contributed by atoms with E-state index in [9.17, 15) is 0 Å². The minimum absolute atomic E-state index is 0.346. The Labute approximate surface area is 113 Å². The van der Waals surface area contributed by atoms with E-state index < -0.39 is 0 Å². The summed E-state index contributed by atoms with van der Waals surface area (Å²) in [5.74, 6) is 1.87. The topological polar surface area (TPSA) is 45.5 Å². The fourth-order valence-corrected chi connectivity index (χ4v) is 2.85. The predicted octanol–water partition coefficient (Wildman–Crippen LogP) is 2.40. The van der Waals surface area contributed by atoms with Gasteiger partial charge in [-0.3, -0.25) is 0 Å². The summed E-state index contributed by atoms with van der Waals surface area (Å²) >= 11 is 0. The van der Waals surface area contributed by atoms with Crippen molar-refractivity contribution in [3.63, 3.8) is 0 Å². The molecular weight excluding hydrogens is 238 g/mol. The fourth-order valence-electron chi connectivity index (χ4n) is 2.85. The van der Waals surface area contributed by atoms with Crippen molar-refractivity contribution in [2.45, 2.75) is 26.7 Å². The first-order valence-corrected chi connectivity index (χ1v) is 6.85. The molecule has 0 saturated carbocycles. The first-order valence-electron chi connectivity index (χ1n) is 6.85. The molecule has 3 heterocycles. The minimum atomic E-state index is 0.346. The number of nitrogens with zero attached hydrogens (tertiary/aromatic N) is 4. The second kappa shape index (κ2) is 4.40. The Morgan fingerprint density at radius 3 is 2.95 bits per heavy atom. The van der Waals surface area contributed by atoms with Crippen molar-refractivity contribution in [1.29, 1.82) is 0 Å². The molecule has 0 radical (unpaired) electrons. The van der Waals surface area contributed by atoms with Crippen molar-refractivity contribution < 1.29 is 0 Å². The van der Waals surface area contributed by atoms with Gasteiger partial charge in [0, 0.05) is 32.5 Å². The summed E-state index contributed by atoms with van der Waals surface area (Å²) in [4.78, 5) is 11.5. The highest BCUT2D eigenvalue weighted by atomic mass is 15.2. The molecule has 1 aliphatic rings. The molecule has 2 aromatic heterocycles. The molecule has 2 aromatic rings. The van der Waals surface area contributed by atoms with E-state index in [2.05, 4.69) is 29.0 Å². The smallest absolute Gasteiger partial charge is 0.180 e. The normalized spacial score (nSPS) is 18.8. The zero-order chi connectivity index (χ0) is 13.5. The van der Waals surface area contributed by atoms with Gasteiger partial charge in [-0.2, -0.15) is 0 Å². The summed E-state index contributed by atoms with van der Waals surface area (Å²) in [6.45, 7) is 6.75. The number of fused-ring (bicyclic) bond motifs is 1. The van der Waals surface area contributed by atoms with Gasteiger partial charge in [0.1, 0.15) is 5.82 Å². The lowest BCUT2D eigenvalue weighted by Crippen LogP contribution is -2.40. The Balaban J connectivity index is 2.05. The molecule has 0 spiro atoms. The summed E-state index contributed by atoms with van der Waals surface area (Å²) in [5, 5.41) is 3.12. The van der Waals surface area contributed by atoms with Crippen LogP contribution in [0.4, 0.5) is 11.6 Å². The molecule has 1 fully saturated rings. The van der Waals surface area contributed by atoms with Crippen LogP contribution in [0.15, 0.2) is 18.6 Å². The Bertz CT molecular complexity index is 587. The molecule has 1 saturated heterocycles. The Morgan fingerprint density at radius 2 is 2.21 bits per heavy atom. The molecule has 3 rings (SSSR count). The molecule has 0 aliphatic carbocycles. The van der Waals surface area contributed by atoms with Crippen LogP contribution in [0.1, 0.15) is 26.7 Å². The average molecular weight is 259 g/mol. The number of hydrogen-bond acceptors (Lipinski definition) is 4. The maximum absolute atomic E-state index is 4.71. The molecule has 0 bridgehead atoms. The van der Waals surface area contributed by atoms with Crippen LogP contribution in [0.2, 0.25) is 0 Å². The lowest BCUT2D eigenvalue weighted by Gasteiger charge is -2.38. The van der Waals surface area contributed by atoms with Gasteiger partial charge >= 0.3 is 0 Å². The molecule has 0 aromatic carbocycles. The van der Waals surface area contributed by atoms with Crippen LogP contribution < -0.4 is 10.2 Å². The van der Waals surface area contributed by atoms with E-state index in [1.165, 1.54) is 12.8 Å². The van der Waals surface area contributed by atoms with E-state index in [-0.39, 0.29) is 0 Å². The first-order chi connectivity index (χ1) is 9.09. The molecular formula is C14H21N5. The number of anilines is 2. The molecule has 0 atom stereocenters. The van der Waals surface area contributed by atoms with Crippen molar-refractivity contribution in [2.24, 2.45) is 5.41 Å². The van der Waals surface area contributed by atoms with E-state index in [1.54, 1.807) is 0 Å². The van der Waals surface area contributed by atoms with Crippen LogP contribution in [0, 0.1) is 5.41 Å². The minimum Gasteiger partial charge on any atom is -0.372 e. The number of piperidine rings is 1. The predicted molar refractivity (Wildman–Crippen MR) is 77.8 cm³/mol. The second-order valence-corrected chi connectivity index (χ2v) is 6.05. The first kappa shape index (κ1) is 12.3. The van der Waals surface area contributed by atoms with Gasteiger partial charge in [-0.05, 0) is 18.3 Å². The molecule has 1 aliphatic heterocycles. The van der Waals surface area contributed by atoms with Gasteiger partial charge in [-0.1, -0.05) is 13.8 Å². The molecule has 19 heavy (non-hydrogen) atoms. The summed E-state index contributed by atoms with van der Waals surface area (Å²) in [7, 11) is 1.90. The zero-order valence-corrected chi connectivity index (χ0v) is 11.8. The summed E-state index contributed by atoms with van der Waals surface area (Å²) in [6, 6.07) is 0. The molecule has 0 amide bonds. The van der Waals surface area contributed by atoms with Crippen LogP contribution >= 0.6 is 0 Å². The Morgan fingerprint density at radius 1 is 1.37 bits per heavy atom. The summed E-state index contributed by atoms with van der Waals surface area (Å²) < 4.78 is 2.04. The lowest BCUT2D eigenvalue weighted by atomic mass is 9.84. The lowest BCUT2D eigenvalue weighted by molar-refractivity contribution is 0.292. The van der Waals surface area contributed by atoms with Crippen LogP contribution in [0.25, 0.3) is 5.65 Å². The number of rotatable bonds is 2. The largest absolute Gasteiger partial charge is 0.372 e. The third-order valence-electron chi connectivity index (χ3n) is 3.81. The quantitative estimate of drug-likeness (QED) is 0.899. The van der Waals surface area contributed by atoms with E-state index >= 15 is 0 Å². The average Bonchev–Trinajstić information content (AvgIpc) is 2.84. The maximum atomic E-state index is 4.71. The van der Waals surface area contributed by atoms with Gasteiger partial charge in [-0.15, -0.1) is 0 Å². The number of nitrogens with one attached hydrogen (secondary N) is 1. The molecule has 102 valence electrons. The molecule has 0 unspecified atom stereocenters. The van der Waals surface area contributed by atoms with E-state index in [0.717, 1.165) is 30.4 Å². The van der Waals surface area contributed by atoms with Crippen LogP contribution in [-0.2, 0) is 0 Å². The van der Waals surface area contributed by atoms with Gasteiger partial charge in [0.15, 0.2) is 11.5 Å². The van der Waals surface area contributed by atoms with E-state index in [4.69, 9.17) is 4.98 Å². The van der Waals surface area contributed by atoms with Gasteiger partial charge < -0.3 is 14.6 Å². The highest BCUT2D eigenvalue weighted by molar-refractivity contribution is 5.67. The van der Waals surface area contributed by atoms with Crippen molar-refractivity contribution in [1.82, 2.24) is 14.4 Å². The summed E-state index contributed by atoms with van der Waals surface area (Å²) in [6.07, 6.45) is 8.26. The Hall–Kier alpha value is -1.78. The molecule has 5 heteroatoms. The van der Waals surface area contributed by atoms with Crippen molar-refractivity contribution in [2.75, 3.05) is 30.4 Å². The van der Waals surface area contributed by atoms with Crippen molar-refractivity contribution >= 4 is 17.3 Å². The molecule has 5 nitrogen and oxygen atoms in total. The van der Waals surface area contributed by atoms with Gasteiger partial charge in [0.25, 0.3) is 0 Å². The zero-order valence-electron chi connectivity index (χ0n) is 11.8. The van der Waals surface area contributed by atoms with Crippen LogP contribution in [0.3, 0.4) is 0 Å². The number of hydrogen-bond donors (Lipinski definition) is 1. The standard InChI is InChI=1S/C14H21N5/c1-14(2)5-4-7-19(10-14)13-12-16-6-8-18(12)9-11(15-3)17-13/h6,8-9,15H,4-5,7,10H2,1-3H3. The number of imidazole rings is 1. The Kier molecular flexibility index (Phi) is 2.84. The monoisotopic (exact) mass is 259 g/mol. The maximum Gasteiger partial charge on any atom is 0.180 e. The second-order valence-electron chi connectivity index (χ2n) is 6.05. The summed E-state index contributed by atoms with van der Waals surface area (Å²) in [5.41, 5.74) is 1.29.